The Morgan fingerprint density at radius 3 is 1.83 bits per heavy atom. The molecule has 0 unspecified atom stereocenters. The zero-order valence-corrected chi connectivity index (χ0v) is 29.6. The molecule has 2 heteroatoms. The van der Waals surface area contributed by atoms with Gasteiger partial charge in [-0.15, -0.1) is 0 Å². The van der Waals surface area contributed by atoms with Gasteiger partial charge in [-0.05, 0) is 108 Å². The highest BCUT2D eigenvalue weighted by Crippen LogP contribution is 2.45. The van der Waals surface area contributed by atoms with Crippen molar-refractivity contribution in [2.24, 2.45) is 0 Å². The fourth-order valence-electron chi connectivity index (χ4n) is 8.30. The maximum Gasteiger partial charge on any atom is 0.144 e. The Labute approximate surface area is 312 Å². The highest BCUT2D eigenvalue weighted by Gasteiger charge is 2.20. The molecule has 0 fully saturated rings. The normalized spacial score (nSPS) is 12.5. The average molecular weight is 691 g/mol. The Morgan fingerprint density at radius 1 is 0.481 bits per heavy atom. The third kappa shape index (κ3) is 4.88. The fourth-order valence-corrected chi connectivity index (χ4v) is 8.30. The van der Waals surface area contributed by atoms with E-state index < -0.39 is 0 Å². The van der Waals surface area contributed by atoms with Gasteiger partial charge in [-0.2, -0.15) is 0 Å². The zero-order valence-electron chi connectivity index (χ0n) is 29.6. The highest BCUT2D eigenvalue weighted by atomic mass is 16.3. The van der Waals surface area contributed by atoms with Gasteiger partial charge < -0.3 is 8.83 Å². The van der Waals surface area contributed by atoms with Crippen molar-refractivity contribution in [3.05, 3.63) is 206 Å². The molecule has 10 aromatic rings. The first kappa shape index (κ1) is 31.6. The third-order valence-corrected chi connectivity index (χ3v) is 10.7. The molecule has 0 aliphatic rings. The van der Waals surface area contributed by atoms with E-state index in [4.69, 9.17) is 8.83 Å². The summed E-state index contributed by atoms with van der Waals surface area (Å²) in [6.07, 6.45) is 8.01. The first-order valence-electron chi connectivity index (χ1n) is 18.2. The van der Waals surface area contributed by atoms with E-state index >= 15 is 0 Å². The lowest BCUT2D eigenvalue weighted by atomic mass is 9.85. The van der Waals surface area contributed by atoms with Gasteiger partial charge in [0.15, 0.2) is 0 Å². The summed E-state index contributed by atoms with van der Waals surface area (Å²) in [6.45, 7) is 12.9. The Balaban J connectivity index is 1.18. The molecule has 0 N–H and O–H groups in total. The lowest BCUT2D eigenvalue weighted by Crippen LogP contribution is -1.93. The lowest BCUT2D eigenvalue weighted by molar-refractivity contribution is 0.668. The molecule has 2 nitrogen and oxygen atoms in total. The minimum atomic E-state index is 0.856. The van der Waals surface area contributed by atoms with Crippen molar-refractivity contribution in [3.8, 4) is 11.1 Å². The van der Waals surface area contributed by atoms with Crippen molar-refractivity contribution in [2.75, 3.05) is 0 Å². The van der Waals surface area contributed by atoms with Crippen LogP contribution in [0.25, 0.3) is 98.5 Å². The van der Waals surface area contributed by atoms with Crippen LogP contribution in [0.4, 0.5) is 0 Å². The zero-order chi connectivity index (χ0) is 36.3. The van der Waals surface area contributed by atoms with Crippen LogP contribution in [0.3, 0.4) is 0 Å². The lowest BCUT2D eigenvalue weighted by Gasteiger charge is -2.18. The summed E-state index contributed by atoms with van der Waals surface area (Å²) in [5.74, 6) is 0. The molecule has 0 aliphatic carbocycles. The molecule has 0 saturated carbocycles. The Hall–Kier alpha value is -7.16. The Morgan fingerprint density at radius 2 is 1.11 bits per heavy atom. The Bertz CT molecular complexity index is 3200. The van der Waals surface area contributed by atoms with Crippen LogP contribution >= 0.6 is 0 Å². The molecule has 0 saturated heterocycles. The number of benzene rings is 8. The second-order valence-electron chi connectivity index (χ2n) is 13.8. The van der Waals surface area contributed by atoms with Crippen molar-refractivity contribution in [1.82, 2.24) is 0 Å². The van der Waals surface area contributed by atoms with Crippen molar-refractivity contribution in [3.63, 3.8) is 0 Å². The van der Waals surface area contributed by atoms with E-state index in [1.165, 1.54) is 5.56 Å². The number of rotatable bonds is 7. The third-order valence-electron chi connectivity index (χ3n) is 10.7. The van der Waals surface area contributed by atoms with Crippen molar-refractivity contribution in [1.29, 1.82) is 0 Å². The van der Waals surface area contributed by atoms with Gasteiger partial charge in [-0.25, -0.2) is 0 Å². The quantitative estimate of drug-likeness (QED) is 0.123. The van der Waals surface area contributed by atoms with E-state index in [1.54, 1.807) is 0 Å². The largest absolute Gasteiger partial charge is 0.456 e. The monoisotopic (exact) mass is 690 g/mol. The van der Waals surface area contributed by atoms with E-state index in [9.17, 15) is 0 Å². The SMILES string of the molecule is C=CC(=C\C(=C)c1c2ccccc2c(-c2ccc3oc4c(ccc5ccc6oc7ccccc7c6c54)c3c2)c2ccccc12)/C=C(\C=C)c1ccccc1. The van der Waals surface area contributed by atoms with Crippen LogP contribution in [0.5, 0.6) is 0 Å². The standard InChI is InChI=1S/C52H34O2/c1-4-33(30-34(5-2)35-15-7-6-8-16-35)29-32(3)48-38-17-9-11-19-40(38)49(41-20-12-10-18-39(41)48)37-25-27-46-44(31-37)42-26-23-36-24-28-47-51(50(36)52(42)54-46)43-21-13-14-22-45(43)53-47/h4-31H,1-3H2/b33-29+,34-30+. The fraction of sp³-hybridized carbons (Fsp3) is 0. The number of hydrogen-bond acceptors (Lipinski definition) is 2. The summed E-state index contributed by atoms with van der Waals surface area (Å²) in [4.78, 5) is 0. The number of hydrogen-bond donors (Lipinski definition) is 0. The van der Waals surface area contributed by atoms with Crippen LogP contribution in [0.2, 0.25) is 0 Å². The minimum Gasteiger partial charge on any atom is -0.456 e. The van der Waals surface area contributed by atoms with Crippen molar-refractivity contribution in [2.45, 2.75) is 0 Å². The van der Waals surface area contributed by atoms with E-state index in [1.807, 2.05) is 42.5 Å². The number of para-hydroxylation sites is 1. The summed E-state index contributed by atoms with van der Waals surface area (Å²) in [6, 6.07) is 51.0. The van der Waals surface area contributed by atoms with Gasteiger partial charge >= 0.3 is 0 Å². The predicted octanol–water partition coefficient (Wildman–Crippen LogP) is 15.0. The van der Waals surface area contributed by atoms with Gasteiger partial charge in [-0.3, -0.25) is 0 Å². The molecule has 2 heterocycles. The van der Waals surface area contributed by atoms with Gasteiger partial charge in [0.25, 0.3) is 0 Å². The maximum atomic E-state index is 6.74. The average Bonchev–Trinajstić information content (AvgIpc) is 3.80. The van der Waals surface area contributed by atoms with E-state index in [0.717, 1.165) is 110 Å². The predicted molar refractivity (Wildman–Crippen MR) is 231 cm³/mol. The molecule has 0 aliphatic heterocycles. The molecular weight excluding hydrogens is 657 g/mol. The molecule has 2 aromatic heterocycles. The van der Waals surface area contributed by atoms with Gasteiger partial charge in [0, 0.05) is 26.9 Å². The number of furan rings is 2. The second-order valence-corrected chi connectivity index (χ2v) is 13.8. The smallest absolute Gasteiger partial charge is 0.144 e. The maximum absolute atomic E-state index is 6.74. The molecule has 254 valence electrons. The molecule has 0 amide bonds. The number of allylic oxidation sites excluding steroid dienone is 7. The first-order chi connectivity index (χ1) is 26.6. The summed E-state index contributed by atoms with van der Waals surface area (Å²) < 4.78 is 13.0. The molecule has 54 heavy (non-hydrogen) atoms. The van der Waals surface area contributed by atoms with Gasteiger partial charge in [-0.1, -0.05) is 147 Å². The summed E-state index contributed by atoms with van der Waals surface area (Å²) >= 11 is 0. The molecule has 10 rings (SSSR count). The van der Waals surface area contributed by atoms with Crippen LogP contribution in [0.15, 0.2) is 204 Å². The highest BCUT2D eigenvalue weighted by molar-refractivity contribution is 6.28. The molecular formula is C52H34O2. The van der Waals surface area contributed by atoms with Crippen LogP contribution < -0.4 is 0 Å². The molecule has 8 aromatic carbocycles. The summed E-state index contributed by atoms with van der Waals surface area (Å²) in [5, 5.41) is 11.2. The van der Waals surface area contributed by atoms with E-state index in [2.05, 4.69) is 147 Å². The second kappa shape index (κ2) is 12.5. The van der Waals surface area contributed by atoms with Crippen LogP contribution in [-0.2, 0) is 0 Å². The van der Waals surface area contributed by atoms with Crippen LogP contribution in [0.1, 0.15) is 11.1 Å². The van der Waals surface area contributed by atoms with Crippen LogP contribution in [0, 0.1) is 0 Å². The van der Waals surface area contributed by atoms with Gasteiger partial charge in [0.05, 0.1) is 0 Å². The van der Waals surface area contributed by atoms with Crippen molar-refractivity contribution >= 4 is 87.3 Å². The Kier molecular flexibility index (Phi) is 7.31. The van der Waals surface area contributed by atoms with E-state index in [-0.39, 0.29) is 0 Å². The number of fused-ring (bicyclic) bond motifs is 11. The molecule has 0 spiro atoms. The molecule has 0 radical (unpaired) electrons. The van der Waals surface area contributed by atoms with Crippen LogP contribution in [-0.4, -0.2) is 0 Å². The van der Waals surface area contributed by atoms with Crippen molar-refractivity contribution < 1.29 is 8.83 Å². The van der Waals surface area contributed by atoms with Gasteiger partial charge in [0.2, 0.25) is 0 Å². The molecule has 0 bridgehead atoms. The molecule has 0 atom stereocenters. The van der Waals surface area contributed by atoms with E-state index in [0.29, 0.717) is 0 Å². The summed E-state index contributed by atoms with van der Waals surface area (Å²) in [5.41, 5.74) is 10.9. The first-order valence-corrected chi connectivity index (χ1v) is 18.2. The summed E-state index contributed by atoms with van der Waals surface area (Å²) in [7, 11) is 0. The minimum absolute atomic E-state index is 0.856. The topological polar surface area (TPSA) is 26.3 Å². The van der Waals surface area contributed by atoms with Gasteiger partial charge in [0.1, 0.15) is 22.3 Å².